The molecule has 0 aromatic heterocycles. The maximum Gasteiger partial charge on any atom is 0.243 e. The molecule has 0 aliphatic rings. The van der Waals surface area contributed by atoms with Crippen molar-refractivity contribution in [2.45, 2.75) is 39.8 Å². The summed E-state index contributed by atoms with van der Waals surface area (Å²) in [6, 6.07) is 13.3. The van der Waals surface area contributed by atoms with E-state index >= 15 is 0 Å². The molecule has 0 aliphatic carbocycles. The number of carbonyl (C=O) groups excluding carboxylic acids is 2. The summed E-state index contributed by atoms with van der Waals surface area (Å²) < 4.78 is 0.991. The van der Waals surface area contributed by atoms with E-state index in [0.29, 0.717) is 0 Å². The Kier molecular flexibility index (Phi) is 7.56. The van der Waals surface area contributed by atoms with Crippen LogP contribution in [0.1, 0.15) is 36.6 Å². The van der Waals surface area contributed by atoms with Crippen LogP contribution >= 0.6 is 15.9 Å². The second-order valence-corrected chi connectivity index (χ2v) is 7.52. The summed E-state index contributed by atoms with van der Waals surface area (Å²) in [7, 11) is 0. The van der Waals surface area contributed by atoms with Crippen molar-refractivity contribution in [2.75, 3.05) is 11.9 Å². The van der Waals surface area contributed by atoms with Crippen molar-refractivity contribution in [3.05, 3.63) is 63.6 Å². The number of para-hydroxylation sites is 1. The van der Waals surface area contributed by atoms with Gasteiger partial charge in [0.15, 0.2) is 0 Å². The number of hydrogen-bond donors (Lipinski definition) is 3. The van der Waals surface area contributed by atoms with Crippen molar-refractivity contribution in [2.24, 2.45) is 0 Å². The predicted octanol–water partition coefficient (Wildman–Crippen LogP) is 3.86. The first-order valence-electron chi connectivity index (χ1n) is 8.94. The molecule has 2 aromatic carbocycles. The number of carbonyl (C=O) groups is 2. The monoisotopic (exact) mass is 431 g/mol. The Hall–Kier alpha value is -2.18. The lowest BCUT2D eigenvalue weighted by Crippen LogP contribution is -2.45. The standard InChI is InChI=1S/C21H26BrN3O2/c1-13-8-7-9-14(2)20(13)25-19(26)12-23-21(27)16(4)24-15(3)17-10-5-6-11-18(17)22/h5-11,15-16,24H,12H2,1-4H3,(H,23,27)(H,25,26)/t15-,16+/m1/s1. The molecule has 3 N–H and O–H groups in total. The van der Waals surface area contributed by atoms with Crippen LogP contribution in [0.4, 0.5) is 5.69 Å². The topological polar surface area (TPSA) is 70.2 Å². The average molecular weight is 432 g/mol. The molecule has 0 saturated heterocycles. The lowest BCUT2D eigenvalue weighted by Gasteiger charge is -2.21. The zero-order chi connectivity index (χ0) is 20.0. The summed E-state index contributed by atoms with van der Waals surface area (Å²) in [6.07, 6.45) is 0. The van der Waals surface area contributed by atoms with Crippen molar-refractivity contribution in [1.29, 1.82) is 0 Å². The molecule has 0 radical (unpaired) electrons. The third kappa shape index (κ3) is 5.91. The molecule has 0 unspecified atom stereocenters. The number of nitrogens with one attached hydrogen (secondary N) is 3. The maximum absolute atomic E-state index is 12.3. The Morgan fingerprint density at radius 1 is 1.00 bits per heavy atom. The summed E-state index contributed by atoms with van der Waals surface area (Å²) in [5.41, 5.74) is 3.86. The number of aryl methyl sites for hydroxylation is 2. The van der Waals surface area contributed by atoms with E-state index in [1.54, 1.807) is 6.92 Å². The number of benzene rings is 2. The SMILES string of the molecule is Cc1cccc(C)c1NC(=O)CNC(=O)[C@H](C)N[C@H](C)c1ccccc1Br. The largest absolute Gasteiger partial charge is 0.346 e. The van der Waals surface area contributed by atoms with Gasteiger partial charge in [-0.15, -0.1) is 0 Å². The van der Waals surface area contributed by atoms with Crippen molar-refractivity contribution in [1.82, 2.24) is 10.6 Å². The van der Waals surface area contributed by atoms with E-state index in [4.69, 9.17) is 0 Å². The zero-order valence-corrected chi connectivity index (χ0v) is 17.7. The minimum Gasteiger partial charge on any atom is -0.346 e. The number of anilines is 1. The van der Waals surface area contributed by atoms with Crippen molar-refractivity contribution < 1.29 is 9.59 Å². The Balaban J connectivity index is 1.86. The highest BCUT2D eigenvalue weighted by Gasteiger charge is 2.18. The van der Waals surface area contributed by atoms with Gasteiger partial charge in [-0.2, -0.15) is 0 Å². The molecule has 144 valence electrons. The lowest BCUT2D eigenvalue weighted by atomic mass is 10.1. The van der Waals surface area contributed by atoms with E-state index in [-0.39, 0.29) is 24.4 Å². The van der Waals surface area contributed by atoms with Crippen molar-refractivity contribution in [3.8, 4) is 0 Å². The first kappa shape index (κ1) is 21.1. The molecule has 0 spiro atoms. The van der Waals surface area contributed by atoms with Crippen LogP contribution in [0.25, 0.3) is 0 Å². The average Bonchev–Trinajstić information content (AvgIpc) is 2.63. The molecule has 5 nitrogen and oxygen atoms in total. The van der Waals surface area contributed by atoms with Crippen LogP contribution in [0, 0.1) is 13.8 Å². The maximum atomic E-state index is 12.3. The second kappa shape index (κ2) is 9.67. The zero-order valence-electron chi connectivity index (χ0n) is 16.1. The quantitative estimate of drug-likeness (QED) is 0.623. The molecular formula is C21H26BrN3O2. The number of hydrogen-bond acceptors (Lipinski definition) is 3. The van der Waals surface area contributed by atoms with Gasteiger partial charge in [-0.3, -0.25) is 14.9 Å². The fraction of sp³-hybridized carbons (Fsp3) is 0.333. The minimum absolute atomic E-state index is 0.00947. The van der Waals surface area contributed by atoms with Crippen LogP contribution in [0.2, 0.25) is 0 Å². The van der Waals surface area contributed by atoms with Gasteiger partial charge in [0.25, 0.3) is 0 Å². The van der Waals surface area contributed by atoms with E-state index in [1.165, 1.54) is 0 Å². The normalized spacial score (nSPS) is 12.9. The first-order valence-corrected chi connectivity index (χ1v) is 9.73. The van der Waals surface area contributed by atoms with E-state index in [2.05, 4.69) is 31.9 Å². The summed E-state index contributed by atoms with van der Waals surface area (Å²) in [4.78, 5) is 24.5. The minimum atomic E-state index is -0.430. The first-order chi connectivity index (χ1) is 12.8. The fourth-order valence-electron chi connectivity index (χ4n) is 2.88. The van der Waals surface area contributed by atoms with Gasteiger partial charge in [0.1, 0.15) is 0 Å². The van der Waals surface area contributed by atoms with Crippen LogP contribution in [-0.4, -0.2) is 24.4 Å². The third-order valence-corrected chi connectivity index (χ3v) is 5.16. The smallest absolute Gasteiger partial charge is 0.243 e. The van der Waals surface area contributed by atoms with E-state index < -0.39 is 6.04 Å². The van der Waals surface area contributed by atoms with Gasteiger partial charge in [0.2, 0.25) is 11.8 Å². The third-order valence-electron chi connectivity index (χ3n) is 4.43. The summed E-state index contributed by atoms with van der Waals surface area (Å²) >= 11 is 3.52. The van der Waals surface area contributed by atoms with Gasteiger partial charge in [-0.1, -0.05) is 52.3 Å². The van der Waals surface area contributed by atoms with Crippen LogP contribution in [0.3, 0.4) is 0 Å². The molecule has 0 fully saturated rings. The molecule has 6 heteroatoms. The second-order valence-electron chi connectivity index (χ2n) is 6.66. The molecule has 2 rings (SSSR count). The molecule has 0 heterocycles. The Morgan fingerprint density at radius 2 is 1.63 bits per heavy atom. The Morgan fingerprint density at radius 3 is 2.26 bits per heavy atom. The Labute approximate surface area is 169 Å². The highest BCUT2D eigenvalue weighted by atomic mass is 79.9. The van der Waals surface area contributed by atoms with Gasteiger partial charge < -0.3 is 10.6 Å². The molecule has 0 aliphatic heterocycles. The van der Waals surface area contributed by atoms with Gasteiger partial charge in [-0.25, -0.2) is 0 Å². The van der Waals surface area contributed by atoms with Crippen molar-refractivity contribution in [3.63, 3.8) is 0 Å². The fourth-order valence-corrected chi connectivity index (χ4v) is 3.51. The molecular weight excluding hydrogens is 406 g/mol. The number of halogens is 1. The highest BCUT2D eigenvalue weighted by molar-refractivity contribution is 9.10. The van der Waals surface area contributed by atoms with Gasteiger partial charge >= 0.3 is 0 Å². The van der Waals surface area contributed by atoms with Crippen LogP contribution in [0.15, 0.2) is 46.9 Å². The molecule has 0 bridgehead atoms. The van der Waals surface area contributed by atoms with Crippen LogP contribution in [0.5, 0.6) is 0 Å². The molecule has 2 atom stereocenters. The predicted molar refractivity (Wildman–Crippen MR) is 113 cm³/mol. The highest BCUT2D eigenvalue weighted by Crippen LogP contribution is 2.23. The summed E-state index contributed by atoms with van der Waals surface area (Å²) in [5, 5.41) is 8.81. The summed E-state index contributed by atoms with van der Waals surface area (Å²) in [6.45, 7) is 7.60. The van der Waals surface area contributed by atoms with Crippen molar-refractivity contribution >= 4 is 33.4 Å². The Bertz CT molecular complexity index is 803. The number of amides is 2. The number of rotatable bonds is 7. The molecule has 27 heavy (non-hydrogen) atoms. The van der Waals surface area contributed by atoms with Crippen LogP contribution in [-0.2, 0) is 9.59 Å². The van der Waals surface area contributed by atoms with E-state index in [0.717, 1.165) is 26.9 Å². The van der Waals surface area contributed by atoms with Gasteiger partial charge in [0.05, 0.1) is 12.6 Å². The van der Waals surface area contributed by atoms with Crippen LogP contribution < -0.4 is 16.0 Å². The van der Waals surface area contributed by atoms with E-state index in [1.807, 2.05) is 63.2 Å². The molecule has 0 saturated carbocycles. The molecule has 2 aromatic rings. The summed E-state index contributed by atoms with van der Waals surface area (Å²) in [5.74, 6) is -0.461. The lowest BCUT2D eigenvalue weighted by molar-refractivity contribution is -0.125. The molecule has 2 amide bonds. The van der Waals surface area contributed by atoms with E-state index in [9.17, 15) is 9.59 Å². The van der Waals surface area contributed by atoms with Gasteiger partial charge in [-0.05, 0) is 50.5 Å². The van der Waals surface area contributed by atoms with Gasteiger partial charge in [0, 0.05) is 16.2 Å².